The molecule has 0 aliphatic rings. The first-order valence-corrected chi connectivity index (χ1v) is 6.79. The van der Waals surface area contributed by atoms with Gasteiger partial charge in [-0.1, -0.05) is 18.2 Å². The van der Waals surface area contributed by atoms with Gasteiger partial charge in [-0.2, -0.15) is 0 Å². The van der Waals surface area contributed by atoms with Crippen molar-refractivity contribution in [3.63, 3.8) is 0 Å². The number of rotatable bonds is 3. The Labute approximate surface area is 126 Å². The van der Waals surface area contributed by atoms with Crippen LogP contribution in [0.25, 0.3) is 11.1 Å². The molecule has 0 spiro atoms. The van der Waals surface area contributed by atoms with Crippen molar-refractivity contribution >= 4 is 28.4 Å². The predicted octanol–water partition coefficient (Wildman–Crippen LogP) is 2.12. The van der Waals surface area contributed by atoms with Gasteiger partial charge in [-0.15, -0.1) is 0 Å². The summed E-state index contributed by atoms with van der Waals surface area (Å²) in [6, 6.07) is 12.2. The highest BCUT2D eigenvalue weighted by molar-refractivity contribution is 5.92. The van der Waals surface area contributed by atoms with Gasteiger partial charge in [-0.25, -0.2) is 4.79 Å². The molecule has 1 amide bonds. The zero-order valence-electron chi connectivity index (χ0n) is 12.0. The molecule has 1 aromatic heterocycles. The molecule has 0 saturated heterocycles. The lowest BCUT2D eigenvalue weighted by Gasteiger charge is -2.09. The highest BCUT2D eigenvalue weighted by atomic mass is 16.4. The number of carbonyl (C=O) groups is 1. The van der Waals surface area contributed by atoms with Crippen LogP contribution in [0.15, 0.2) is 51.7 Å². The Morgan fingerprint density at radius 2 is 2.05 bits per heavy atom. The van der Waals surface area contributed by atoms with Crippen molar-refractivity contribution in [2.24, 2.45) is 0 Å². The smallest absolute Gasteiger partial charge is 0.408 e. The van der Waals surface area contributed by atoms with E-state index in [-0.39, 0.29) is 12.5 Å². The Kier molecular flexibility index (Phi) is 3.42. The van der Waals surface area contributed by atoms with E-state index in [9.17, 15) is 9.59 Å². The van der Waals surface area contributed by atoms with E-state index in [1.807, 2.05) is 13.0 Å². The molecule has 0 bridgehead atoms. The molecule has 0 saturated carbocycles. The first-order chi connectivity index (χ1) is 10.5. The third-order valence-corrected chi connectivity index (χ3v) is 3.41. The van der Waals surface area contributed by atoms with Gasteiger partial charge in [-0.05, 0) is 36.8 Å². The van der Waals surface area contributed by atoms with Gasteiger partial charge in [0.2, 0.25) is 5.91 Å². The van der Waals surface area contributed by atoms with Gasteiger partial charge in [0, 0.05) is 11.4 Å². The molecule has 1 heterocycles. The molecule has 2 aromatic carbocycles. The summed E-state index contributed by atoms with van der Waals surface area (Å²) in [4.78, 5) is 24.0. The molecule has 0 unspecified atom stereocenters. The molecule has 0 aliphatic heterocycles. The molecule has 0 fully saturated rings. The molecule has 6 heteroatoms. The second-order valence-electron chi connectivity index (χ2n) is 5.04. The first-order valence-electron chi connectivity index (χ1n) is 6.79. The van der Waals surface area contributed by atoms with Crippen molar-refractivity contribution in [2.75, 3.05) is 11.1 Å². The van der Waals surface area contributed by atoms with Crippen LogP contribution in [-0.4, -0.2) is 10.5 Å². The summed E-state index contributed by atoms with van der Waals surface area (Å²) >= 11 is 0. The van der Waals surface area contributed by atoms with Gasteiger partial charge in [0.05, 0.1) is 5.52 Å². The van der Waals surface area contributed by atoms with Crippen molar-refractivity contribution in [3.05, 3.63) is 58.6 Å². The van der Waals surface area contributed by atoms with Gasteiger partial charge in [-0.3, -0.25) is 9.36 Å². The van der Waals surface area contributed by atoms with Crippen molar-refractivity contribution in [1.29, 1.82) is 0 Å². The highest BCUT2D eigenvalue weighted by Crippen LogP contribution is 2.18. The van der Waals surface area contributed by atoms with E-state index >= 15 is 0 Å². The fraction of sp³-hybridized carbons (Fsp3) is 0.125. The van der Waals surface area contributed by atoms with Crippen molar-refractivity contribution < 1.29 is 9.21 Å². The maximum Gasteiger partial charge on any atom is 0.420 e. The number of nitrogen functional groups attached to an aromatic ring is 1. The second-order valence-corrected chi connectivity index (χ2v) is 5.04. The lowest BCUT2D eigenvalue weighted by atomic mass is 10.2. The Hall–Kier alpha value is -3.02. The Morgan fingerprint density at radius 1 is 1.27 bits per heavy atom. The molecule has 0 atom stereocenters. The second kappa shape index (κ2) is 5.40. The fourth-order valence-electron chi connectivity index (χ4n) is 2.27. The van der Waals surface area contributed by atoms with Gasteiger partial charge in [0.1, 0.15) is 6.54 Å². The largest absolute Gasteiger partial charge is 0.420 e. The Balaban J connectivity index is 1.86. The van der Waals surface area contributed by atoms with Crippen molar-refractivity contribution in [2.45, 2.75) is 13.5 Å². The number of anilines is 2. The zero-order chi connectivity index (χ0) is 15.7. The summed E-state index contributed by atoms with van der Waals surface area (Å²) in [5.41, 5.74) is 8.85. The number of oxazole rings is 1. The molecular formula is C16H15N3O3. The summed E-state index contributed by atoms with van der Waals surface area (Å²) in [5.74, 6) is -0.872. The van der Waals surface area contributed by atoms with Crippen LogP contribution < -0.4 is 16.8 Å². The van der Waals surface area contributed by atoms with Crippen LogP contribution in [-0.2, 0) is 11.3 Å². The average molecular weight is 297 g/mol. The monoisotopic (exact) mass is 297 g/mol. The van der Waals surface area contributed by atoms with E-state index in [2.05, 4.69) is 5.32 Å². The number of fused-ring (bicyclic) bond motifs is 1. The minimum Gasteiger partial charge on any atom is -0.408 e. The van der Waals surface area contributed by atoms with E-state index in [0.717, 1.165) is 5.56 Å². The number of nitrogens with zero attached hydrogens (tertiary/aromatic N) is 1. The first kappa shape index (κ1) is 13.9. The number of nitrogens with one attached hydrogen (secondary N) is 1. The number of aromatic nitrogens is 1. The number of amides is 1. The number of aryl methyl sites for hydroxylation is 1. The fourth-order valence-corrected chi connectivity index (χ4v) is 2.27. The molecule has 112 valence electrons. The lowest BCUT2D eigenvalue weighted by Crippen LogP contribution is -2.25. The quantitative estimate of drug-likeness (QED) is 0.725. The van der Waals surface area contributed by atoms with Crippen molar-refractivity contribution in [1.82, 2.24) is 4.57 Å². The molecule has 0 aliphatic carbocycles. The normalized spacial score (nSPS) is 10.8. The average Bonchev–Trinajstić information content (AvgIpc) is 2.79. The van der Waals surface area contributed by atoms with Crippen LogP contribution in [0.1, 0.15) is 5.56 Å². The number of para-hydroxylation sites is 2. The number of benzene rings is 2. The Morgan fingerprint density at radius 3 is 2.86 bits per heavy atom. The number of nitrogens with two attached hydrogens (primary N) is 1. The van der Waals surface area contributed by atoms with Crippen LogP contribution in [0.2, 0.25) is 0 Å². The molecule has 6 nitrogen and oxygen atoms in total. The van der Waals surface area contributed by atoms with Crippen LogP contribution in [0.5, 0.6) is 0 Å². The molecule has 0 radical (unpaired) electrons. The number of carbonyl (C=O) groups excluding carboxylic acids is 1. The van der Waals surface area contributed by atoms with Crippen LogP contribution >= 0.6 is 0 Å². The molecular weight excluding hydrogens is 282 g/mol. The molecule has 22 heavy (non-hydrogen) atoms. The highest BCUT2D eigenvalue weighted by Gasteiger charge is 2.13. The number of hydrogen-bond donors (Lipinski definition) is 2. The SMILES string of the molecule is Cc1ccc(N)cc1NC(=O)Cn1c(=O)oc2ccccc21. The van der Waals surface area contributed by atoms with Gasteiger partial charge >= 0.3 is 5.76 Å². The minimum absolute atomic E-state index is 0.121. The van der Waals surface area contributed by atoms with Gasteiger partial charge < -0.3 is 15.5 Å². The van der Waals surface area contributed by atoms with Crippen molar-refractivity contribution in [3.8, 4) is 0 Å². The maximum atomic E-state index is 12.2. The topological polar surface area (TPSA) is 90.3 Å². The maximum absolute atomic E-state index is 12.2. The lowest BCUT2D eigenvalue weighted by molar-refractivity contribution is -0.116. The minimum atomic E-state index is -0.555. The molecule has 3 rings (SSSR count). The molecule has 3 aromatic rings. The van der Waals surface area contributed by atoms with Crippen LogP contribution in [0, 0.1) is 6.92 Å². The van der Waals surface area contributed by atoms with E-state index in [4.69, 9.17) is 10.2 Å². The van der Waals surface area contributed by atoms with Gasteiger partial charge in [0.25, 0.3) is 0 Å². The Bertz CT molecular complexity index is 908. The summed E-state index contributed by atoms with van der Waals surface area (Å²) in [5, 5.41) is 2.76. The van der Waals surface area contributed by atoms with E-state index in [0.29, 0.717) is 22.5 Å². The van der Waals surface area contributed by atoms with E-state index < -0.39 is 5.76 Å². The standard InChI is InChI=1S/C16H15N3O3/c1-10-6-7-11(17)8-12(10)18-15(20)9-19-13-4-2-3-5-14(13)22-16(19)21/h2-8H,9,17H2,1H3,(H,18,20). The van der Waals surface area contributed by atoms with E-state index in [1.54, 1.807) is 36.4 Å². The number of hydrogen-bond acceptors (Lipinski definition) is 4. The molecule has 3 N–H and O–H groups in total. The summed E-state index contributed by atoms with van der Waals surface area (Å²) in [6.45, 7) is 1.75. The zero-order valence-corrected chi connectivity index (χ0v) is 12.0. The summed E-state index contributed by atoms with van der Waals surface area (Å²) in [7, 11) is 0. The van der Waals surface area contributed by atoms with Crippen LogP contribution in [0.3, 0.4) is 0 Å². The summed E-state index contributed by atoms with van der Waals surface area (Å²) < 4.78 is 6.40. The third-order valence-electron chi connectivity index (χ3n) is 3.41. The van der Waals surface area contributed by atoms with Gasteiger partial charge in [0.15, 0.2) is 5.58 Å². The van der Waals surface area contributed by atoms with Crippen LogP contribution in [0.4, 0.5) is 11.4 Å². The van der Waals surface area contributed by atoms with E-state index in [1.165, 1.54) is 4.57 Å². The summed E-state index contributed by atoms with van der Waals surface area (Å²) in [6.07, 6.45) is 0. The third kappa shape index (κ3) is 2.58. The predicted molar refractivity (Wildman–Crippen MR) is 84.7 cm³/mol.